The normalized spacial score (nSPS) is 18.4. The Kier molecular flexibility index (Phi) is 4.80. The van der Waals surface area contributed by atoms with E-state index in [1.165, 1.54) is 17.8 Å². The van der Waals surface area contributed by atoms with Crippen molar-refractivity contribution in [2.45, 2.75) is 25.4 Å². The summed E-state index contributed by atoms with van der Waals surface area (Å²) in [7, 11) is 0. The maximum absolute atomic E-state index is 12.4. The molecule has 0 radical (unpaired) electrons. The summed E-state index contributed by atoms with van der Waals surface area (Å²) in [6.07, 6.45) is 0.619. The molecule has 1 N–H and O–H groups in total. The number of aromatic nitrogens is 2. The minimum Gasteiger partial charge on any atom is -0.343 e. The van der Waals surface area contributed by atoms with Crippen molar-refractivity contribution in [2.75, 3.05) is 5.75 Å². The van der Waals surface area contributed by atoms with E-state index in [0.717, 1.165) is 10.2 Å². The van der Waals surface area contributed by atoms with Gasteiger partial charge in [-0.2, -0.15) is 5.10 Å². The molecule has 0 bridgehead atoms. The third kappa shape index (κ3) is 3.41. The first kappa shape index (κ1) is 16.4. The summed E-state index contributed by atoms with van der Waals surface area (Å²) in [4.78, 5) is 36.1. The Bertz CT molecular complexity index is 819. The Morgan fingerprint density at radius 3 is 2.67 bits per heavy atom. The monoisotopic (exact) mass is 343 g/mol. The molecule has 1 aliphatic rings. The van der Waals surface area contributed by atoms with Gasteiger partial charge < -0.3 is 5.32 Å². The maximum Gasteiger partial charge on any atom is 0.267 e. The zero-order valence-corrected chi connectivity index (χ0v) is 14.0. The van der Waals surface area contributed by atoms with Crippen molar-refractivity contribution in [3.63, 3.8) is 0 Å². The van der Waals surface area contributed by atoms with Crippen LogP contribution in [-0.2, 0) is 9.59 Å². The van der Waals surface area contributed by atoms with Crippen LogP contribution < -0.4 is 10.9 Å². The highest BCUT2D eigenvalue weighted by molar-refractivity contribution is 8.14. The molecule has 1 aromatic carbocycles. The van der Waals surface area contributed by atoms with E-state index in [2.05, 4.69) is 10.4 Å². The van der Waals surface area contributed by atoms with Gasteiger partial charge in [-0.25, -0.2) is 4.68 Å². The minimum absolute atomic E-state index is 0.0334. The largest absolute Gasteiger partial charge is 0.343 e. The van der Waals surface area contributed by atoms with Crippen molar-refractivity contribution >= 4 is 22.8 Å². The van der Waals surface area contributed by atoms with Crippen LogP contribution in [0.25, 0.3) is 11.3 Å². The van der Waals surface area contributed by atoms with Crippen LogP contribution in [0.2, 0.25) is 0 Å². The molecule has 1 saturated heterocycles. The average molecular weight is 343 g/mol. The van der Waals surface area contributed by atoms with E-state index < -0.39 is 12.1 Å². The molecular weight excluding hydrogens is 326 g/mol. The standard InChI is InChI=1S/C17H17N3O3S/c1-11(16(22)18-14-9-10-24-17(14)23)20-15(21)8-7-13(19-20)12-5-3-2-4-6-12/h2-8,11,14H,9-10H2,1H3,(H,18,22)/t11-,14+/m0/s1. The van der Waals surface area contributed by atoms with Crippen LogP contribution in [0.3, 0.4) is 0 Å². The van der Waals surface area contributed by atoms with Crippen LogP contribution >= 0.6 is 11.8 Å². The summed E-state index contributed by atoms with van der Waals surface area (Å²) in [5, 5.41) is 6.98. The first-order chi connectivity index (χ1) is 11.6. The average Bonchev–Trinajstić information content (AvgIpc) is 3.00. The third-order valence-corrected chi connectivity index (χ3v) is 4.90. The number of benzene rings is 1. The van der Waals surface area contributed by atoms with Crippen LogP contribution in [0.4, 0.5) is 0 Å². The summed E-state index contributed by atoms with van der Waals surface area (Å²) in [6.45, 7) is 1.60. The molecule has 0 saturated carbocycles. The van der Waals surface area contributed by atoms with E-state index in [4.69, 9.17) is 0 Å². The Labute approximate surface area is 143 Å². The molecule has 7 heteroatoms. The lowest BCUT2D eigenvalue weighted by Gasteiger charge is -2.17. The van der Waals surface area contributed by atoms with E-state index in [9.17, 15) is 14.4 Å². The summed E-state index contributed by atoms with van der Waals surface area (Å²) < 4.78 is 1.16. The van der Waals surface area contributed by atoms with Crippen molar-refractivity contribution in [2.24, 2.45) is 0 Å². The summed E-state index contributed by atoms with van der Waals surface area (Å²) in [5.74, 6) is 0.329. The fourth-order valence-corrected chi connectivity index (χ4v) is 3.43. The van der Waals surface area contributed by atoms with E-state index >= 15 is 0 Å². The van der Waals surface area contributed by atoms with Crippen molar-refractivity contribution in [3.05, 3.63) is 52.8 Å². The number of nitrogens with one attached hydrogen (secondary N) is 1. The first-order valence-corrected chi connectivity index (χ1v) is 8.67. The smallest absolute Gasteiger partial charge is 0.267 e. The zero-order chi connectivity index (χ0) is 17.1. The van der Waals surface area contributed by atoms with Crippen LogP contribution in [0.5, 0.6) is 0 Å². The number of rotatable bonds is 4. The van der Waals surface area contributed by atoms with Crippen molar-refractivity contribution in [1.29, 1.82) is 0 Å². The predicted octanol–water partition coefficient (Wildman–Crippen LogP) is 1.62. The highest BCUT2D eigenvalue weighted by Gasteiger charge is 2.29. The zero-order valence-electron chi connectivity index (χ0n) is 13.1. The lowest BCUT2D eigenvalue weighted by Crippen LogP contribution is -2.43. The number of hydrogen-bond donors (Lipinski definition) is 1. The topological polar surface area (TPSA) is 81.1 Å². The lowest BCUT2D eigenvalue weighted by atomic mass is 10.1. The number of thioether (sulfide) groups is 1. The summed E-state index contributed by atoms with van der Waals surface area (Å²) in [6, 6.07) is 11.2. The second kappa shape index (κ2) is 7.00. The number of carbonyl (C=O) groups excluding carboxylic acids is 2. The maximum atomic E-state index is 12.4. The molecule has 1 aromatic heterocycles. The Balaban J connectivity index is 1.84. The summed E-state index contributed by atoms with van der Waals surface area (Å²) >= 11 is 1.22. The highest BCUT2D eigenvalue weighted by atomic mass is 32.2. The molecule has 1 amide bonds. The molecule has 24 heavy (non-hydrogen) atoms. The molecule has 0 spiro atoms. The SMILES string of the molecule is C[C@@H](C(=O)N[C@@H]1CCSC1=O)n1nc(-c2ccccc2)ccc1=O. The van der Waals surface area contributed by atoms with Gasteiger partial charge in [0.05, 0.1) is 11.7 Å². The van der Waals surface area contributed by atoms with Gasteiger partial charge >= 0.3 is 0 Å². The number of amides is 1. The van der Waals surface area contributed by atoms with Crippen LogP contribution in [0.1, 0.15) is 19.4 Å². The Morgan fingerprint density at radius 1 is 1.25 bits per heavy atom. The minimum atomic E-state index is -0.792. The molecule has 1 fully saturated rings. The third-order valence-electron chi connectivity index (χ3n) is 3.89. The number of hydrogen-bond acceptors (Lipinski definition) is 5. The van der Waals surface area contributed by atoms with Crippen LogP contribution in [-0.4, -0.2) is 32.6 Å². The fraction of sp³-hybridized carbons (Fsp3) is 0.294. The molecule has 6 nitrogen and oxygen atoms in total. The van der Waals surface area contributed by atoms with Crippen molar-refractivity contribution < 1.29 is 9.59 Å². The molecule has 2 aromatic rings. The molecular formula is C17H17N3O3S. The van der Waals surface area contributed by atoms with Crippen molar-refractivity contribution in [1.82, 2.24) is 15.1 Å². The molecule has 2 heterocycles. The molecule has 2 atom stereocenters. The lowest BCUT2D eigenvalue weighted by molar-refractivity contribution is -0.127. The predicted molar refractivity (Wildman–Crippen MR) is 92.7 cm³/mol. The molecule has 124 valence electrons. The van der Waals surface area contributed by atoms with Gasteiger partial charge in [0.2, 0.25) is 11.0 Å². The molecule has 1 aliphatic heterocycles. The quantitative estimate of drug-likeness (QED) is 0.912. The summed E-state index contributed by atoms with van der Waals surface area (Å²) in [5.41, 5.74) is 1.12. The van der Waals surface area contributed by atoms with Gasteiger partial charge in [-0.05, 0) is 19.4 Å². The van der Waals surface area contributed by atoms with E-state index in [1.807, 2.05) is 30.3 Å². The first-order valence-electron chi connectivity index (χ1n) is 7.68. The Hall–Kier alpha value is -2.41. The number of carbonyl (C=O) groups is 2. The van der Waals surface area contributed by atoms with Gasteiger partial charge in [0.1, 0.15) is 6.04 Å². The van der Waals surface area contributed by atoms with Gasteiger partial charge in [0.25, 0.3) is 5.56 Å². The van der Waals surface area contributed by atoms with E-state index in [-0.39, 0.29) is 16.6 Å². The molecule has 0 aliphatic carbocycles. The van der Waals surface area contributed by atoms with E-state index in [1.54, 1.807) is 13.0 Å². The molecule has 3 rings (SSSR count). The highest BCUT2D eigenvalue weighted by Crippen LogP contribution is 2.20. The van der Waals surface area contributed by atoms with Gasteiger partial charge in [-0.3, -0.25) is 14.4 Å². The second-order valence-corrected chi connectivity index (χ2v) is 6.66. The van der Waals surface area contributed by atoms with Crippen molar-refractivity contribution in [3.8, 4) is 11.3 Å². The van der Waals surface area contributed by atoms with Crippen LogP contribution in [0.15, 0.2) is 47.3 Å². The number of nitrogens with zero attached hydrogens (tertiary/aromatic N) is 2. The fourth-order valence-electron chi connectivity index (χ4n) is 2.50. The second-order valence-electron chi connectivity index (χ2n) is 5.56. The van der Waals surface area contributed by atoms with Crippen LogP contribution in [0, 0.1) is 0 Å². The van der Waals surface area contributed by atoms with Gasteiger partial charge in [0, 0.05) is 17.4 Å². The Morgan fingerprint density at radius 2 is 2.00 bits per heavy atom. The van der Waals surface area contributed by atoms with E-state index in [0.29, 0.717) is 17.9 Å². The van der Waals surface area contributed by atoms with Gasteiger partial charge in [-0.1, -0.05) is 42.1 Å². The molecule has 0 unspecified atom stereocenters. The van der Waals surface area contributed by atoms with Gasteiger partial charge in [0.15, 0.2) is 0 Å². The van der Waals surface area contributed by atoms with Gasteiger partial charge in [-0.15, -0.1) is 0 Å².